The number of nitrogens with two attached hydrogens (primary N) is 1. The van der Waals surface area contributed by atoms with Crippen LogP contribution >= 0.6 is 0 Å². The van der Waals surface area contributed by atoms with E-state index in [0.717, 1.165) is 0 Å². The number of carbonyl (C=O) groups is 1. The number of hydrogen-bond acceptors (Lipinski definition) is 8. The summed E-state index contributed by atoms with van der Waals surface area (Å²) in [5, 5.41) is 22.9. The van der Waals surface area contributed by atoms with Gasteiger partial charge in [0.15, 0.2) is 17.4 Å². The SMILES string of the molecule is CN(C)C(=O)NC[C@H]1[C@@H](O)[C@H](n2cnc3c(=O)[nH]c(N)nc32)O[C@@H]1CO. The van der Waals surface area contributed by atoms with E-state index < -0.39 is 29.9 Å². The van der Waals surface area contributed by atoms with Gasteiger partial charge in [-0.3, -0.25) is 14.3 Å². The fourth-order valence-electron chi connectivity index (χ4n) is 2.95. The van der Waals surface area contributed by atoms with E-state index in [-0.39, 0.29) is 36.3 Å². The van der Waals surface area contributed by atoms with E-state index in [1.54, 1.807) is 14.1 Å². The molecule has 0 bridgehead atoms. The van der Waals surface area contributed by atoms with Crippen molar-refractivity contribution in [1.82, 2.24) is 29.7 Å². The van der Waals surface area contributed by atoms with Crippen molar-refractivity contribution in [3.05, 3.63) is 16.7 Å². The summed E-state index contributed by atoms with van der Waals surface area (Å²) in [5.41, 5.74) is 5.28. The predicted molar refractivity (Wildman–Crippen MR) is 90.1 cm³/mol. The standard InChI is InChI=1S/C14H21N7O5/c1-20(2)14(25)16-3-6-7(4-22)26-12(9(6)23)21-5-17-8-10(21)18-13(15)19-11(8)24/h5-7,9,12,22-23H,3-4H2,1-2H3,(H,16,25)(H3,15,18,19,24)/t6-,7-,9-,12-/m1/s1. The van der Waals surface area contributed by atoms with Gasteiger partial charge in [-0.05, 0) is 0 Å². The average Bonchev–Trinajstić information content (AvgIpc) is 3.13. The summed E-state index contributed by atoms with van der Waals surface area (Å²) in [5.74, 6) is -0.657. The van der Waals surface area contributed by atoms with Crippen LogP contribution in [0.1, 0.15) is 6.23 Å². The largest absolute Gasteiger partial charge is 0.394 e. The molecule has 1 aliphatic rings. The number of nitrogen functional groups attached to an aromatic ring is 1. The van der Waals surface area contributed by atoms with Gasteiger partial charge in [-0.15, -0.1) is 0 Å². The Morgan fingerprint density at radius 1 is 1.54 bits per heavy atom. The number of aromatic nitrogens is 4. The molecule has 2 aromatic rings. The quantitative estimate of drug-likeness (QED) is 0.406. The van der Waals surface area contributed by atoms with Gasteiger partial charge in [-0.25, -0.2) is 9.78 Å². The number of fused-ring (bicyclic) bond motifs is 1. The molecule has 0 aromatic carbocycles. The second kappa shape index (κ2) is 6.90. The number of imidazole rings is 1. The number of nitrogens with one attached hydrogen (secondary N) is 2. The first kappa shape index (κ1) is 18.1. The third kappa shape index (κ3) is 3.09. The Kier molecular flexibility index (Phi) is 4.80. The summed E-state index contributed by atoms with van der Waals surface area (Å²) in [4.78, 5) is 35.3. The Balaban J connectivity index is 1.88. The number of hydrogen-bond donors (Lipinski definition) is 5. The topological polar surface area (TPSA) is 172 Å². The zero-order chi connectivity index (χ0) is 19.0. The van der Waals surface area contributed by atoms with E-state index in [4.69, 9.17) is 10.5 Å². The molecule has 0 unspecified atom stereocenters. The van der Waals surface area contributed by atoms with E-state index in [9.17, 15) is 19.8 Å². The monoisotopic (exact) mass is 367 g/mol. The average molecular weight is 367 g/mol. The van der Waals surface area contributed by atoms with Crippen LogP contribution in [-0.2, 0) is 4.74 Å². The first-order valence-electron chi connectivity index (χ1n) is 7.95. The molecule has 2 aromatic heterocycles. The summed E-state index contributed by atoms with van der Waals surface area (Å²) < 4.78 is 7.12. The fraction of sp³-hybridized carbons (Fsp3) is 0.571. The van der Waals surface area contributed by atoms with Crippen LogP contribution in [0.3, 0.4) is 0 Å². The summed E-state index contributed by atoms with van der Waals surface area (Å²) >= 11 is 0. The number of aliphatic hydroxyl groups excluding tert-OH is 2. The van der Waals surface area contributed by atoms with E-state index in [1.165, 1.54) is 15.8 Å². The number of H-pyrrole nitrogens is 1. The van der Waals surface area contributed by atoms with E-state index >= 15 is 0 Å². The van der Waals surface area contributed by atoms with E-state index in [2.05, 4.69) is 20.3 Å². The van der Waals surface area contributed by atoms with Gasteiger partial charge in [0.1, 0.15) is 6.10 Å². The lowest BCUT2D eigenvalue weighted by Gasteiger charge is -2.21. The number of aromatic amines is 1. The van der Waals surface area contributed by atoms with Crippen LogP contribution < -0.4 is 16.6 Å². The fourth-order valence-corrected chi connectivity index (χ4v) is 2.95. The van der Waals surface area contributed by atoms with Crippen LogP contribution in [0.5, 0.6) is 0 Å². The molecule has 12 nitrogen and oxygen atoms in total. The number of nitrogens with zero attached hydrogens (tertiary/aromatic N) is 4. The molecule has 1 fully saturated rings. The molecule has 6 N–H and O–H groups in total. The molecule has 3 rings (SSSR count). The van der Waals surface area contributed by atoms with Crippen molar-refractivity contribution in [2.45, 2.75) is 18.4 Å². The Labute approximate surface area is 147 Å². The highest BCUT2D eigenvalue weighted by atomic mass is 16.5. The minimum Gasteiger partial charge on any atom is -0.394 e. The molecule has 12 heteroatoms. The first-order chi connectivity index (χ1) is 12.3. The Morgan fingerprint density at radius 3 is 2.92 bits per heavy atom. The molecule has 0 spiro atoms. The number of carbonyl (C=O) groups excluding carboxylic acids is 1. The predicted octanol–water partition coefficient (Wildman–Crippen LogP) is -2.16. The first-order valence-corrected chi connectivity index (χ1v) is 7.95. The van der Waals surface area contributed by atoms with Crippen LogP contribution in [0.15, 0.2) is 11.1 Å². The molecule has 1 aliphatic heterocycles. The minimum absolute atomic E-state index is 0.0555. The number of amides is 2. The molecule has 3 heterocycles. The molecular formula is C14H21N7O5. The van der Waals surface area contributed by atoms with Crippen molar-refractivity contribution in [2.24, 2.45) is 5.92 Å². The van der Waals surface area contributed by atoms with Crippen LogP contribution in [0, 0.1) is 5.92 Å². The van der Waals surface area contributed by atoms with Gasteiger partial charge in [0, 0.05) is 26.6 Å². The molecule has 26 heavy (non-hydrogen) atoms. The Bertz CT molecular complexity index is 863. The van der Waals surface area contributed by atoms with Crippen molar-refractivity contribution in [3.8, 4) is 0 Å². The summed E-state index contributed by atoms with van der Waals surface area (Å²) in [6.07, 6.45) is -1.41. The lowest BCUT2D eigenvalue weighted by molar-refractivity contribution is -0.0492. The molecule has 0 radical (unpaired) electrons. The van der Waals surface area contributed by atoms with Gasteiger partial charge < -0.3 is 30.9 Å². The highest BCUT2D eigenvalue weighted by Crippen LogP contribution is 2.34. The van der Waals surface area contributed by atoms with Crippen molar-refractivity contribution in [3.63, 3.8) is 0 Å². The molecule has 142 valence electrons. The van der Waals surface area contributed by atoms with Gasteiger partial charge in [0.05, 0.1) is 19.0 Å². The lowest BCUT2D eigenvalue weighted by atomic mass is 9.98. The third-order valence-corrected chi connectivity index (χ3v) is 4.32. The number of rotatable bonds is 4. The minimum atomic E-state index is -1.07. The summed E-state index contributed by atoms with van der Waals surface area (Å²) in [6, 6.07) is -0.327. The van der Waals surface area contributed by atoms with Crippen molar-refractivity contribution < 1.29 is 19.7 Å². The third-order valence-electron chi connectivity index (χ3n) is 4.32. The molecular weight excluding hydrogens is 346 g/mol. The smallest absolute Gasteiger partial charge is 0.316 e. The molecule has 4 atom stereocenters. The Hall–Kier alpha value is -2.70. The van der Waals surface area contributed by atoms with Crippen molar-refractivity contribution in [1.29, 1.82) is 0 Å². The molecule has 0 aliphatic carbocycles. The lowest BCUT2D eigenvalue weighted by Crippen LogP contribution is -2.42. The van der Waals surface area contributed by atoms with Crippen molar-refractivity contribution >= 4 is 23.1 Å². The number of aliphatic hydroxyl groups is 2. The maximum absolute atomic E-state index is 11.9. The maximum atomic E-state index is 11.9. The highest BCUT2D eigenvalue weighted by Gasteiger charge is 2.45. The number of ether oxygens (including phenoxy) is 1. The van der Waals surface area contributed by atoms with Crippen LogP contribution in [-0.4, -0.2) is 80.1 Å². The van der Waals surface area contributed by atoms with Gasteiger partial charge in [0.2, 0.25) is 5.95 Å². The van der Waals surface area contributed by atoms with Gasteiger partial charge in [-0.2, -0.15) is 4.98 Å². The normalized spacial score (nSPS) is 25.5. The molecule has 0 saturated carbocycles. The molecule has 1 saturated heterocycles. The van der Waals surface area contributed by atoms with Gasteiger partial charge in [-0.1, -0.05) is 0 Å². The van der Waals surface area contributed by atoms with Crippen LogP contribution in [0.4, 0.5) is 10.7 Å². The second-order valence-electron chi connectivity index (χ2n) is 6.26. The van der Waals surface area contributed by atoms with E-state index in [1.807, 2.05) is 0 Å². The summed E-state index contributed by atoms with van der Waals surface area (Å²) in [6.45, 7) is -0.248. The highest BCUT2D eigenvalue weighted by molar-refractivity contribution is 5.73. The van der Waals surface area contributed by atoms with Crippen molar-refractivity contribution in [2.75, 3.05) is 33.0 Å². The Morgan fingerprint density at radius 2 is 2.27 bits per heavy atom. The maximum Gasteiger partial charge on any atom is 0.316 e. The van der Waals surface area contributed by atoms with Gasteiger partial charge >= 0.3 is 6.03 Å². The zero-order valence-corrected chi connectivity index (χ0v) is 14.3. The van der Waals surface area contributed by atoms with Crippen LogP contribution in [0.2, 0.25) is 0 Å². The zero-order valence-electron chi connectivity index (χ0n) is 14.3. The number of anilines is 1. The van der Waals surface area contributed by atoms with Crippen LogP contribution in [0.25, 0.3) is 11.2 Å². The number of urea groups is 1. The molecule has 2 amide bonds. The van der Waals surface area contributed by atoms with Gasteiger partial charge in [0.25, 0.3) is 5.56 Å². The second-order valence-corrected chi connectivity index (χ2v) is 6.26. The van der Waals surface area contributed by atoms with E-state index in [0.29, 0.717) is 0 Å². The summed E-state index contributed by atoms with van der Waals surface area (Å²) in [7, 11) is 3.18.